The molecule has 1 aliphatic rings. The van der Waals surface area contributed by atoms with Crippen LogP contribution in [0.5, 0.6) is 5.75 Å². The van der Waals surface area contributed by atoms with Crippen LogP contribution in [0.15, 0.2) is 65.8 Å². The molecule has 0 atom stereocenters. The van der Waals surface area contributed by atoms with E-state index in [2.05, 4.69) is 17.6 Å². The monoisotopic (exact) mass is 378 g/mol. The summed E-state index contributed by atoms with van der Waals surface area (Å²) >= 11 is 1.50. The van der Waals surface area contributed by atoms with Crippen LogP contribution < -0.4 is 9.64 Å². The number of nitrogens with zero attached hydrogens (tertiary/aromatic N) is 2. The highest BCUT2D eigenvalue weighted by atomic mass is 32.2. The van der Waals surface area contributed by atoms with Gasteiger partial charge in [-0.1, -0.05) is 36.0 Å². The van der Waals surface area contributed by atoms with E-state index < -0.39 is 0 Å². The van der Waals surface area contributed by atoms with Crippen LogP contribution in [0.2, 0.25) is 0 Å². The molecule has 0 N–H and O–H groups in total. The molecule has 1 heterocycles. The van der Waals surface area contributed by atoms with Crippen molar-refractivity contribution in [3.05, 3.63) is 77.5 Å². The highest BCUT2D eigenvalue weighted by Crippen LogP contribution is 2.31. The van der Waals surface area contributed by atoms with Crippen molar-refractivity contribution in [3.63, 3.8) is 0 Å². The fourth-order valence-corrected chi connectivity index (χ4v) is 3.64. The zero-order chi connectivity index (χ0) is 19.4. The van der Waals surface area contributed by atoms with Gasteiger partial charge in [0.15, 0.2) is 5.17 Å². The Labute approximate surface area is 164 Å². The number of ether oxygens (including phenoxy) is 1. The number of carbonyl (C=O) groups excluding carboxylic acids is 1. The number of aliphatic imine (C=N–C) groups is 1. The number of thioether (sulfide) groups is 1. The number of benzene rings is 2. The van der Waals surface area contributed by atoms with Crippen LogP contribution in [0.4, 0.5) is 5.69 Å². The summed E-state index contributed by atoms with van der Waals surface area (Å²) in [5.41, 5.74) is 4.38. The topological polar surface area (TPSA) is 41.9 Å². The predicted molar refractivity (Wildman–Crippen MR) is 114 cm³/mol. The Morgan fingerprint density at radius 1 is 1.15 bits per heavy atom. The summed E-state index contributed by atoms with van der Waals surface area (Å²) in [7, 11) is 1.63. The quantitative estimate of drug-likeness (QED) is 0.545. The van der Waals surface area contributed by atoms with Crippen molar-refractivity contribution in [2.24, 2.45) is 4.99 Å². The molecule has 0 bridgehead atoms. The first-order valence-corrected chi connectivity index (χ1v) is 9.61. The Hall–Kier alpha value is -2.79. The fraction of sp³-hybridized carbons (Fsp3) is 0.182. The van der Waals surface area contributed by atoms with Crippen LogP contribution in [0.3, 0.4) is 0 Å². The van der Waals surface area contributed by atoms with Gasteiger partial charge in [-0.3, -0.25) is 9.69 Å². The summed E-state index contributed by atoms with van der Waals surface area (Å²) in [4.78, 5) is 19.4. The third-order valence-corrected chi connectivity index (χ3v) is 4.98. The Bertz CT molecular complexity index is 910. The predicted octanol–water partition coefficient (Wildman–Crippen LogP) is 4.97. The lowest BCUT2D eigenvalue weighted by Crippen LogP contribution is -2.30. The summed E-state index contributed by atoms with van der Waals surface area (Å²) in [6.07, 6.45) is 3.61. The Morgan fingerprint density at radius 3 is 2.41 bits per heavy atom. The summed E-state index contributed by atoms with van der Waals surface area (Å²) in [6, 6.07) is 13.6. The number of methoxy groups -OCH3 is 1. The van der Waals surface area contributed by atoms with Gasteiger partial charge in [-0.15, -0.1) is 6.58 Å². The molecule has 27 heavy (non-hydrogen) atoms. The second-order valence-corrected chi connectivity index (χ2v) is 7.27. The van der Waals surface area contributed by atoms with Gasteiger partial charge < -0.3 is 4.74 Å². The maximum Gasteiger partial charge on any atom is 0.283 e. The average Bonchev–Trinajstić information content (AvgIpc) is 2.95. The molecule has 0 fully saturated rings. The van der Waals surface area contributed by atoms with E-state index in [0.29, 0.717) is 16.6 Å². The minimum atomic E-state index is -0.123. The van der Waals surface area contributed by atoms with Crippen molar-refractivity contribution in [2.75, 3.05) is 17.8 Å². The molecule has 0 saturated carbocycles. The van der Waals surface area contributed by atoms with Gasteiger partial charge in [0, 0.05) is 5.75 Å². The van der Waals surface area contributed by atoms with E-state index in [1.165, 1.54) is 11.8 Å². The first kappa shape index (κ1) is 19.0. The molecule has 0 aliphatic carbocycles. The maximum atomic E-state index is 13.1. The summed E-state index contributed by atoms with van der Waals surface area (Å²) < 4.78 is 5.18. The van der Waals surface area contributed by atoms with Crippen molar-refractivity contribution in [2.45, 2.75) is 13.8 Å². The van der Waals surface area contributed by atoms with E-state index in [1.807, 2.05) is 56.3 Å². The van der Waals surface area contributed by atoms with E-state index in [0.717, 1.165) is 28.1 Å². The number of hydrogen-bond acceptors (Lipinski definition) is 4. The molecule has 0 saturated heterocycles. The molecule has 0 spiro atoms. The number of amidine groups is 1. The van der Waals surface area contributed by atoms with Gasteiger partial charge in [-0.2, -0.15) is 0 Å². The van der Waals surface area contributed by atoms with Crippen LogP contribution in [-0.4, -0.2) is 23.9 Å². The molecule has 2 aromatic carbocycles. The minimum absolute atomic E-state index is 0.123. The lowest BCUT2D eigenvalue weighted by molar-refractivity contribution is -0.113. The second-order valence-electron chi connectivity index (χ2n) is 6.28. The molecule has 3 rings (SSSR count). The fourth-order valence-electron chi connectivity index (χ4n) is 2.89. The van der Waals surface area contributed by atoms with Crippen LogP contribution in [0.25, 0.3) is 6.08 Å². The number of hydrogen-bond donors (Lipinski definition) is 0. The molecular weight excluding hydrogens is 356 g/mol. The largest absolute Gasteiger partial charge is 0.497 e. The van der Waals surface area contributed by atoms with E-state index >= 15 is 0 Å². The van der Waals surface area contributed by atoms with Gasteiger partial charge >= 0.3 is 0 Å². The molecule has 0 aromatic heterocycles. The number of aryl methyl sites for hydroxylation is 2. The maximum absolute atomic E-state index is 13.1. The lowest BCUT2D eigenvalue weighted by atomic mass is 10.1. The van der Waals surface area contributed by atoms with E-state index in [4.69, 9.17) is 4.74 Å². The summed E-state index contributed by atoms with van der Waals surface area (Å²) in [6.45, 7) is 7.82. The van der Waals surface area contributed by atoms with E-state index in [1.54, 1.807) is 18.1 Å². The molecule has 2 aromatic rings. The SMILES string of the molecule is C=CCSC1=NC(=Cc2ccc(OC)cc2)C(=O)N1c1cc(C)cc(C)c1. The molecule has 0 unspecified atom stereocenters. The van der Waals surface area contributed by atoms with E-state index in [-0.39, 0.29) is 5.91 Å². The summed E-state index contributed by atoms with van der Waals surface area (Å²) in [5.74, 6) is 1.34. The van der Waals surface area contributed by atoms with Crippen molar-refractivity contribution < 1.29 is 9.53 Å². The number of amides is 1. The van der Waals surface area contributed by atoms with Crippen molar-refractivity contribution in [1.82, 2.24) is 0 Å². The van der Waals surface area contributed by atoms with Crippen LogP contribution in [0.1, 0.15) is 16.7 Å². The van der Waals surface area contributed by atoms with Gasteiger partial charge in [0.05, 0.1) is 12.8 Å². The number of anilines is 1. The Morgan fingerprint density at radius 2 is 1.81 bits per heavy atom. The molecule has 138 valence electrons. The number of carbonyl (C=O) groups is 1. The van der Waals surface area contributed by atoms with Crippen LogP contribution in [0, 0.1) is 13.8 Å². The highest BCUT2D eigenvalue weighted by molar-refractivity contribution is 8.14. The molecule has 0 radical (unpaired) electrons. The Balaban J connectivity index is 1.98. The van der Waals surface area contributed by atoms with Crippen molar-refractivity contribution in [3.8, 4) is 5.75 Å². The average molecular weight is 378 g/mol. The second kappa shape index (κ2) is 8.27. The van der Waals surface area contributed by atoms with Crippen LogP contribution in [-0.2, 0) is 4.79 Å². The first-order valence-electron chi connectivity index (χ1n) is 8.62. The third-order valence-electron chi connectivity index (χ3n) is 4.04. The number of rotatable bonds is 5. The lowest BCUT2D eigenvalue weighted by Gasteiger charge is -2.18. The smallest absolute Gasteiger partial charge is 0.283 e. The Kier molecular flexibility index (Phi) is 5.81. The van der Waals surface area contributed by atoms with Gasteiger partial charge in [0.1, 0.15) is 11.4 Å². The molecule has 4 nitrogen and oxygen atoms in total. The molecule has 5 heteroatoms. The van der Waals surface area contributed by atoms with Gasteiger partial charge in [0.25, 0.3) is 5.91 Å². The van der Waals surface area contributed by atoms with Gasteiger partial charge in [0.2, 0.25) is 0 Å². The minimum Gasteiger partial charge on any atom is -0.497 e. The van der Waals surface area contributed by atoms with Crippen LogP contribution >= 0.6 is 11.8 Å². The normalized spacial score (nSPS) is 15.2. The van der Waals surface area contributed by atoms with Crippen molar-refractivity contribution in [1.29, 1.82) is 0 Å². The molecular formula is C22H22N2O2S. The zero-order valence-electron chi connectivity index (χ0n) is 15.7. The highest BCUT2D eigenvalue weighted by Gasteiger charge is 2.31. The third kappa shape index (κ3) is 4.31. The summed E-state index contributed by atoms with van der Waals surface area (Å²) in [5, 5.41) is 0.671. The van der Waals surface area contributed by atoms with E-state index in [9.17, 15) is 4.79 Å². The first-order chi connectivity index (χ1) is 13.0. The molecule has 1 aliphatic heterocycles. The standard InChI is InChI=1S/C22H22N2O2S/c1-5-10-27-22-23-20(14-17-6-8-19(26-4)9-7-17)21(25)24(22)18-12-15(2)11-16(3)13-18/h5-9,11-14H,1,10H2,2-4H3. The molecule has 1 amide bonds. The van der Waals surface area contributed by atoms with Gasteiger partial charge in [-0.05, 0) is 60.9 Å². The zero-order valence-corrected chi connectivity index (χ0v) is 16.5. The van der Waals surface area contributed by atoms with Crippen molar-refractivity contribution >= 4 is 34.6 Å². The van der Waals surface area contributed by atoms with Gasteiger partial charge in [-0.25, -0.2) is 4.99 Å².